The van der Waals surface area contributed by atoms with Gasteiger partial charge in [-0.05, 0) is 40.5 Å². The molecule has 0 N–H and O–H groups in total. The van der Waals surface area contributed by atoms with Crippen molar-refractivity contribution in [3.8, 4) is 0 Å². The van der Waals surface area contributed by atoms with Crippen LogP contribution in [0.15, 0.2) is 42.5 Å². The molecule has 0 heterocycles. The molecule has 1 heteroatoms. The Morgan fingerprint density at radius 2 is 1.88 bits per heavy atom. The summed E-state index contributed by atoms with van der Waals surface area (Å²) in [6.07, 6.45) is 7.04. The van der Waals surface area contributed by atoms with Gasteiger partial charge in [0.25, 0.3) is 0 Å². The second-order valence-electron chi connectivity index (χ2n) is 4.14. The Bertz CT molecular complexity index is 581. The summed E-state index contributed by atoms with van der Waals surface area (Å²) in [5, 5.41) is 2.41. The highest BCUT2D eigenvalue weighted by atomic mass is 16.1. The first-order valence-electron chi connectivity index (χ1n) is 5.45. The third-order valence-electron chi connectivity index (χ3n) is 3.14. The molecule has 0 aromatic heterocycles. The smallest absolute Gasteiger partial charge is 0.206 e. The summed E-state index contributed by atoms with van der Waals surface area (Å²) in [5.41, 5.74) is 2.26. The van der Waals surface area contributed by atoms with Crippen molar-refractivity contribution in [2.45, 2.75) is 12.3 Å². The van der Waals surface area contributed by atoms with Gasteiger partial charge in [0, 0.05) is 0 Å². The fourth-order valence-electron chi connectivity index (χ4n) is 2.29. The summed E-state index contributed by atoms with van der Waals surface area (Å²) in [4.78, 5) is 10.9. The Hall–Kier alpha value is -1.89. The monoisotopic (exact) mass is 207 g/mol. The number of carbonyl (C=O) groups excluding carboxylic acids is 1. The first kappa shape index (κ1) is 9.34. The Morgan fingerprint density at radius 3 is 2.62 bits per heavy atom. The lowest BCUT2D eigenvalue weighted by atomic mass is 9.86. The predicted octanol–water partition coefficient (Wildman–Crippen LogP) is 3.45. The van der Waals surface area contributed by atoms with Crippen LogP contribution in [-0.4, -0.2) is 6.29 Å². The lowest BCUT2D eigenvalue weighted by Gasteiger charge is -2.16. The Balaban J connectivity index is 2.30. The fourth-order valence-corrected chi connectivity index (χ4v) is 2.29. The van der Waals surface area contributed by atoms with E-state index in [4.69, 9.17) is 0 Å². The molecule has 0 spiro atoms. The molecule has 2 aromatic carbocycles. The van der Waals surface area contributed by atoms with Gasteiger partial charge in [-0.2, -0.15) is 0 Å². The minimum Gasteiger partial charge on any atom is -0.290 e. The number of benzene rings is 2. The molecule has 1 aliphatic carbocycles. The molecule has 1 nitrogen and oxygen atoms in total. The first-order chi connectivity index (χ1) is 7.88. The minimum absolute atomic E-state index is 0.0930. The van der Waals surface area contributed by atoms with Gasteiger partial charge in [-0.15, -0.1) is 0 Å². The quantitative estimate of drug-likeness (QED) is 0.700. The van der Waals surface area contributed by atoms with E-state index < -0.39 is 0 Å². The fraction of sp³-hybridized carbons (Fsp3) is 0.133. The summed E-state index contributed by atoms with van der Waals surface area (Å²) < 4.78 is 0. The van der Waals surface area contributed by atoms with E-state index in [2.05, 4.69) is 36.6 Å². The summed E-state index contributed by atoms with van der Waals surface area (Å²) >= 11 is 0. The van der Waals surface area contributed by atoms with Gasteiger partial charge >= 0.3 is 0 Å². The molecule has 1 radical (unpaired) electrons. The van der Waals surface area contributed by atoms with E-state index in [0.717, 1.165) is 17.5 Å². The molecule has 0 fully saturated rings. The van der Waals surface area contributed by atoms with E-state index in [1.807, 2.05) is 18.2 Å². The van der Waals surface area contributed by atoms with Crippen molar-refractivity contribution in [2.24, 2.45) is 0 Å². The molecule has 1 unspecified atom stereocenters. The third kappa shape index (κ3) is 1.36. The molecular weight excluding hydrogens is 196 g/mol. The third-order valence-corrected chi connectivity index (χ3v) is 3.14. The predicted molar refractivity (Wildman–Crippen MR) is 66.0 cm³/mol. The maximum absolute atomic E-state index is 10.9. The van der Waals surface area contributed by atoms with Gasteiger partial charge in [0.2, 0.25) is 6.29 Å². The summed E-state index contributed by atoms with van der Waals surface area (Å²) in [7, 11) is 0. The summed E-state index contributed by atoms with van der Waals surface area (Å²) in [6, 6.07) is 12.5. The van der Waals surface area contributed by atoms with Crippen LogP contribution in [0.3, 0.4) is 0 Å². The largest absolute Gasteiger partial charge is 0.290 e. The molecule has 0 bridgehead atoms. The van der Waals surface area contributed by atoms with Crippen LogP contribution >= 0.6 is 0 Å². The van der Waals surface area contributed by atoms with Crippen molar-refractivity contribution >= 4 is 23.1 Å². The van der Waals surface area contributed by atoms with Gasteiger partial charge in [-0.25, -0.2) is 0 Å². The van der Waals surface area contributed by atoms with Crippen LogP contribution in [0.25, 0.3) is 16.8 Å². The maximum atomic E-state index is 10.9. The Morgan fingerprint density at radius 1 is 1.12 bits per heavy atom. The second kappa shape index (κ2) is 3.60. The van der Waals surface area contributed by atoms with Crippen molar-refractivity contribution in [3.05, 3.63) is 53.6 Å². The topological polar surface area (TPSA) is 17.1 Å². The molecule has 3 rings (SSSR count). The van der Waals surface area contributed by atoms with Crippen molar-refractivity contribution in [3.63, 3.8) is 0 Å². The van der Waals surface area contributed by atoms with E-state index in [0.29, 0.717) is 0 Å². The van der Waals surface area contributed by atoms with Gasteiger partial charge in [-0.3, -0.25) is 4.79 Å². The van der Waals surface area contributed by atoms with Crippen LogP contribution in [0.5, 0.6) is 0 Å². The molecule has 2 aromatic rings. The number of hydrogen-bond acceptors (Lipinski definition) is 1. The van der Waals surface area contributed by atoms with Crippen molar-refractivity contribution in [1.82, 2.24) is 0 Å². The van der Waals surface area contributed by atoms with Gasteiger partial charge < -0.3 is 0 Å². The number of hydrogen-bond donors (Lipinski definition) is 0. The molecule has 1 atom stereocenters. The van der Waals surface area contributed by atoms with Gasteiger partial charge in [0.15, 0.2) is 0 Å². The van der Waals surface area contributed by atoms with E-state index in [9.17, 15) is 4.79 Å². The van der Waals surface area contributed by atoms with Crippen molar-refractivity contribution in [2.75, 3.05) is 0 Å². The first-order valence-corrected chi connectivity index (χ1v) is 5.45. The zero-order chi connectivity index (χ0) is 11.0. The molecule has 0 saturated carbocycles. The van der Waals surface area contributed by atoms with Gasteiger partial charge in [0.1, 0.15) is 0 Å². The lowest BCUT2D eigenvalue weighted by Crippen LogP contribution is -2.04. The van der Waals surface area contributed by atoms with E-state index >= 15 is 0 Å². The summed E-state index contributed by atoms with van der Waals surface area (Å²) in [5.74, 6) is -0.0930. The zero-order valence-corrected chi connectivity index (χ0v) is 8.81. The molecule has 16 heavy (non-hydrogen) atoms. The molecule has 0 aliphatic heterocycles. The SMILES string of the molecule is O=[C]C1CC=Cc2cc3ccccc3cc21. The highest BCUT2D eigenvalue weighted by molar-refractivity contribution is 5.88. The Kier molecular flexibility index (Phi) is 2.10. The van der Waals surface area contributed by atoms with Gasteiger partial charge in [0.05, 0.1) is 5.92 Å². The van der Waals surface area contributed by atoms with Crippen LogP contribution in [-0.2, 0) is 4.79 Å². The van der Waals surface area contributed by atoms with E-state index in [1.54, 1.807) is 0 Å². The number of allylic oxidation sites excluding steroid dienone is 1. The Labute approximate surface area is 94.4 Å². The van der Waals surface area contributed by atoms with Crippen LogP contribution in [0.1, 0.15) is 23.5 Å². The normalized spacial score (nSPS) is 18.4. The van der Waals surface area contributed by atoms with Crippen LogP contribution in [0.4, 0.5) is 0 Å². The maximum Gasteiger partial charge on any atom is 0.206 e. The van der Waals surface area contributed by atoms with E-state index in [1.165, 1.54) is 10.8 Å². The average Bonchev–Trinajstić information content (AvgIpc) is 2.35. The van der Waals surface area contributed by atoms with Crippen molar-refractivity contribution in [1.29, 1.82) is 0 Å². The number of fused-ring (bicyclic) bond motifs is 2. The van der Waals surface area contributed by atoms with Gasteiger partial charge in [-0.1, -0.05) is 36.4 Å². The average molecular weight is 207 g/mol. The van der Waals surface area contributed by atoms with E-state index in [-0.39, 0.29) is 5.92 Å². The lowest BCUT2D eigenvalue weighted by molar-refractivity contribution is 0.542. The summed E-state index contributed by atoms with van der Waals surface area (Å²) in [6.45, 7) is 0. The molecule has 0 amide bonds. The number of rotatable bonds is 1. The highest BCUT2D eigenvalue weighted by Gasteiger charge is 2.17. The van der Waals surface area contributed by atoms with Crippen LogP contribution in [0.2, 0.25) is 0 Å². The van der Waals surface area contributed by atoms with Crippen molar-refractivity contribution < 1.29 is 4.79 Å². The zero-order valence-electron chi connectivity index (χ0n) is 8.81. The molecule has 1 aliphatic rings. The molecule has 77 valence electrons. The molecule has 0 saturated heterocycles. The highest BCUT2D eigenvalue weighted by Crippen LogP contribution is 2.31. The minimum atomic E-state index is -0.0930. The van der Waals surface area contributed by atoms with Crippen LogP contribution in [0, 0.1) is 0 Å². The standard InChI is InChI=1S/C15H11O/c16-10-14-7-3-6-13-8-11-4-1-2-5-12(11)9-15(13)14/h1-6,8-9,14H,7H2. The molecular formula is C15H11O. The second-order valence-corrected chi connectivity index (χ2v) is 4.14. The van der Waals surface area contributed by atoms with Crippen LogP contribution < -0.4 is 0 Å².